The minimum Gasteiger partial charge on any atom is -0.485 e. The zero-order valence-corrected chi connectivity index (χ0v) is 11.4. The number of amides is 1. The summed E-state index contributed by atoms with van der Waals surface area (Å²) in [5.74, 6) is 0.991. The van der Waals surface area contributed by atoms with Crippen molar-refractivity contribution in [2.75, 3.05) is 26.9 Å². The van der Waals surface area contributed by atoms with Gasteiger partial charge in [0.25, 0.3) is 5.91 Å². The lowest BCUT2D eigenvalue weighted by Crippen LogP contribution is -2.45. The number of rotatable bonds is 5. The fraction of sp³-hybridized carbons (Fsp3) is 0.462. The number of nitrogens with one attached hydrogen (secondary N) is 1. The number of hydrogen-bond acceptors (Lipinski definition) is 4. The molecule has 1 aromatic carbocycles. The van der Waals surface area contributed by atoms with E-state index in [1.54, 1.807) is 19.2 Å². The number of methoxy groups -OCH3 is 1. The van der Waals surface area contributed by atoms with Crippen LogP contribution < -0.4 is 14.8 Å². The highest BCUT2D eigenvalue weighted by Gasteiger charge is 2.27. The van der Waals surface area contributed by atoms with E-state index in [0.717, 1.165) is 0 Å². The van der Waals surface area contributed by atoms with Gasteiger partial charge < -0.3 is 19.5 Å². The molecule has 1 aliphatic heterocycles. The number of halogens is 1. The summed E-state index contributed by atoms with van der Waals surface area (Å²) in [6.07, 6.45) is -0.652. The summed E-state index contributed by atoms with van der Waals surface area (Å²) in [5.41, 5.74) is 0. The Morgan fingerprint density at radius 3 is 3.00 bits per heavy atom. The lowest BCUT2D eigenvalue weighted by atomic mass is 10.2. The van der Waals surface area contributed by atoms with Crippen LogP contribution in [0.3, 0.4) is 0 Å². The Bertz CT molecular complexity index is 440. The van der Waals surface area contributed by atoms with Crippen LogP contribution in [0.4, 0.5) is 0 Å². The van der Waals surface area contributed by atoms with Crippen molar-refractivity contribution < 1.29 is 19.0 Å². The van der Waals surface area contributed by atoms with Gasteiger partial charge >= 0.3 is 0 Å². The molecule has 0 spiro atoms. The van der Waals surface area contributed by atoms with Crippen molar-refractivity contribution in [2.45, 2.75) is 11.5 Å². The number of ether oxygens (including phenoxy) is 3. The molecule has 1 amide bonds. The molecule has 1 aromatic rings. The van der Waals surface area contributed by atoms with E-state index in [1.165, 1.54) is 0 Å². The molecule has 1 heterocycles. The molecule has 0 aliphatic carbocycles. The molecule has 2 rings (SSSR count). The molecule has 6 heteroatoms. The first-order chi connectivity index (χ1) is 9.20. The van der Waals surface area contributed by atoms with E-state index < -0.39 is 6.10 Å². The van der Waals surface area contributed by atoms with Gasteiger partial charge in [-0.1, -0.05) is 12.1 Å². The van der Waals surface area contributed by atoms with Gasteiger partial charge in [0.05, 0.1) is 12.0 Å². The molecule has 5 nitrogen and oxygen atoms in total. The predicted octanol–water partition coefficient (Wildman–Crippen LogP) is 1.20. The third kappa shape index (κ3) is 3.75. The number of carbonyl (C=O) groups excluding carboxylic acids is 1. The summed E-state index contributed by atoms with van der Waals surface area (Å²) in [7, 11) is 1.56. The van der Waals surface area contributed by atoms with Crippen LogP contribution in [-0.4, -0.2) is 44.3 Å². The molecular formula is C13H16ClNO4. The first-order valence-electron chi connectivity index (χ1n) is 6.00. The van der Waals surface area contributed by atoms with Gasteiger partial charge in [-0.25, -0.2) is 0 Å². The molecule has 0 aromatic heterocycles. The van der Waals surface area contributed by atoms with Crippen LogP contribution in [0.15, 0.2) is 24.3 Å². The van der Waals surface area contributed by atoms with Gasteiger partial charge in [-0.3, -0.25) is 4.79 Å². The number of para-hydroxylation sites is 2. The van der Waals surface area contributed by atoms with Gasteiger partial charge in [0, 0.05) is 13.7 Å². The third-order valence-corrected chi connectivity index (χ3v) is 2.93. The minimum absolute atomic E-state index is 0.195. The number of benzene rings is 1. The molecule has 0 saturated heterocycles. The Labute approximate surface area is 116 Å². The Kier molecular flexibility index (Phi) is 4.87. The summed E-state index contributed by atoms with van der Waals surface area (Å²) in [4.78, 5) is 11.9. The number of alkyl halides is 1. The highest BCUT2D eigenvalue weighted by Crippen LogP contribution is 2.30. The molecule has 2 atom stereocenters. The number of carbonyl (C=O) groups is 1. The topological polar surface area (TPSA) is 56.8 Å². The van der Waals surface area contributed by atoms with Crippen molar-refractivity contribution in [3.05, 3.63) is 24.3 Å². The van der Waals surface area contributed by atoms with Crippen LogP contribution in [0, 0.1) is 0 Å². The minimum atomic E-state index is -0.652. The Hall–Kier alpha value is -1.46. The second kappa shape index (κ2) is 6.63. The van der Waals surface area contributed by atoms with Crippen LogP contribution in [0.2, 0.25) is 0 Å². The van der Waals surface area contributed by atoms with Crippen LogP contribution in [0.25, 0.3) is 0 Å². The van der Waals surface area contributed by atoms with Gasteiger partial charge in [0.15, 0.2) is 11.5 Å². The van der Waals surface area contributed by atoms with Gasteiger partial charge in [0.2, 0.25) is 6.10 Å². The first kappa shape index (κ1) is 14.0. The molecule has 0 bridgehead atoms. The van der Waals surface area contributed by atoms with Crippen molar-refractivity contribution in [1.29, 1.82) is 0 Å². The van der Waals surface area contributed by atoms with Crippen molar-refractivity contribution in [2.24, 2.45) is 0 Å². The number of fused-ring (bicyclic) bond motifs is 1. The standard InChI is InChI=1S/C13H16ClNO4/c1-17-7-9(14)6-15-13(16)12-8-18-10-4-2-3-5-11(10)19-12/h2-5,9,12H,6-8H2,1H3,(H,15,16). The van der Waals surface area contributed by atoms with Crippen molar-refractivity contribution in [3.8, 4) is 11.5 Å². The largest absolute Gasteiger partial charge is 0.485 e. The summed E-state index contributed by atoms with van der Waals surface area (Å²) in [6, 6.07) is 7.25. The summed E-state index contributed by atoms with van der Waals surface area (Å²) in [5, 5.41) is 2.45. The van der Waals surface area contributed by atoms with E-state index in [0.29, 0.717) is 24.7 Å². The quantitative estimate of drug-likeness (QED) is 0.826. The average molecular weight is 286 g/mol. The van der Waals surface area contributed by atoms with E-state index in [-0.39, 0.29) is 17.9 Å². The molecule has 1 aliphatic rings. The second-order valence-corrected chi connectivity index (χ2v) is 4.78. The molecular weight excluding hydrogens is 270 g/mol. The third-order valence-electron chi connectivity index (χ3n) is 2.65. The first-order valence-corrected chi connectivity index (χ1v) is 6.43. The molecule has 104 valence electrons. The molecule has 2 unspecified atom stereocenters. The summed E-state index contributed by atoms with van der Waals surface area (Å²) in [6.45, 7) is 0.905. The zero-order valence-electron chi connectivity index (χ0n) is 10.6. The Morgan fingerprint density at radius 2 is 2.26 bits per heavy atom. The van der Waals surface area contributed by atoms with Crippen LogP contribution in [-0.2, 0) is 9.53 Å². The molecule has 19 heavy (non-hydrogen) atoms. The van der Waals surface area contributed by atoms with Crippen LogP contribution in [0.5, 0.6) is 11.5 Å². The average Bonchev–Trinajstić information content (AvgIpc) is 2.44. The van der Waals surface area contributed by atoms with Gasteiger partial charge in [-0.2, -0.15) is 0 Å². The fourth-order valence-electron chi connectivity index (χ4n) is 1.71. The molecule has 0 radical (unpaired) electrons. The lowest BCUT2D eigenvalue weighted by molar-refractivity contribution is -0.130. The van der Waals surface area contributed by atoms with E-state index in [9.17, 15) is 4.79 Å². The normalized spacial score (nSPS) is 18.7. The van der Waals surface area contributed by atoms with E-state index in [2.05, 4.69) is 5.32 Å². The zero-order chi connectivity index (χ0) is 13.7. The predicted molar refractivity (Wildman–Crippen MR) is 70.9 cm³/mol. The maximum Gasteiger partial charge on any atom is 0.264 e. The Balaban J connectivity index is 1.85. The molecule has 0 fully saturated rings. The molecule has 1 N–H and O–H groups in total. The maximum absolute atomic E-state index is 11.9. The van der Waals surface area contributed by atoms with Gasteiger partial charge in [-0.05, 0) is 12.1 Å². The summed E-state index contributed by atoms with van der Waals surface area (Å²) >= 11 is 5.93. The highest BCUT2D eigenvalue weighted by atomic mass is 35.5. The van der Waals surface area contributed by atoms with Crippen molar-refractivity contribution >= 4 is 17.5 Å². The van der Waals surface area contributed by atoms with E-state index in [1.807, 2.05) is 12.1 Å². The molecule has 0 saturated carbocycles. The van der Waals surface area contributed by atoms with Gasteiger partial charge in [-0.15, -0.1) is 11.6 Å². The second-order valence-electron chi connectivity index (χ2n) is 4.16. The maximum atomic E-state index is 11.9. The van der Waals surface area contributed by atoms with Crippen molar-refractivity contribution in [3.63, 3.8) is 0 Å². The SMILES string of the molecule is COCC(Cl)CNC(=O)C1COc2ccccc2O1. The Morgan fingerprint density at radius 1 is 1.53 bits per heavy atom. The highest BCUT2D eigenvalue weighted by molar-refractivity contribution is 6.21. The monoisotopic (exact) mass is 285 g/mol. The van der Waals surface area contributed by atoms with Gasteiger partial charge in [0.1, 0.15) is 6.61 Å². The number of hydrogen-bond donors (Lipinski definition) is 1. The summed E-state index contributed by atoms with van der Waals surface area (Å²) < 4.78 is 15.9. The van der Waals surface area contributed by atoms with E-state index >= 15 is 0 Å². The van der Waals surface area contributed by atoms with Crippen molar-refractivity contribution in [1.82, 2.24) is 5.32 Å². The van der Waals surface area contributed by atoms with E-state index in [4.69, 9.17) is 25.8 Å². The lowest BCUT2D eigenvalue weighted by Gasteiger charge is -2.25. The van der Waals surface area contributed by atoms with Crippen LogP contribution >= 0.6 is 11.6 Å². The smallest absolute Gasteiger partial charge is 0.264 e. The fourth-order valence-corrected chi connectivity index (χ4v) is 1.92. The van der Waals surface area contributed by atoms with Crippen LogP contribution in [0.1, 0.15) is 0 Å².